The van der Waals surface area contributed by atoms with Gasteiger partial charge in [-0.25, -0.2) is 0 Å². The Morgan fingerprint density at radius 1 is 1.40 bits per heavy atom. The minimum absolute atomic E-state index is 0.0286. The van der Waals surface area contributed by atoms with Crippen molar-refractivity contribution in [2.75, 3.05) is 6.54 Å². The third-order valence-corrected chi connectivity index (χ3v) is 2.86. The molecule has 0 aromatic rings. The fraction of sp³-hybridized carbons (Fsp3) is 0.800. The average Bonchev–Trinajstić information content (AvgIpc) is 2.40. The Morgan fingerprint density at radius 2 is 2.13 bits per heavy atom. The quantitative estimate of drug-likeness (QED) is 0.443. The fourth-order valence-corrected chi connectivity index (χ4v) is 2.07. The number of rotatable bonds is 1. The maximum atomic E-state index is 7.82. The standard InChI is InChI=1S/C10H21N5/c1-2-8-6-4-3-5-7-15(8)10(13)14-9(11)12/h8H,2-7H2,1H3,(H5,11,12,13,14). The van der Waals surface area contributed by atoms with E-state index in [-0.39, 0.29) is 11.9 Å². The van der Waals surface area contributed by atoms with E-state index in [1.165, 1.54) is 12.8 Å². The largest absolute Gasteiger partial charge is 0.370 e. The molecule has 0 radical (unpaired) electrons. The first kappa shape index (κ1) is 11.8. The van der Waals surface area contributed by atoms with Crippen LogP contribution in [0.25, 0.3) is 0 Å². The lowest BCUT2D eigenvalue weighted by molar-refractivity contribution is 0.302. The van der Waals surface area contributed by atoms with Crippen LogP contribution in [0.4, 0.5) is 0 Å². The molecule has 15 heavy (non-hydrogen) atoms. The summed E-state index contributed by atoms with van der Waals surface area (Å²) in [6.07, 6.45) is 5.78. The number of likely N-dealkylation sites (tertiary alicyclic amines) is 1. The van der Waals surface area contributed by atoms with E-state index in [1.807, 2.05) is 4.90 Å². The van der Waals surface area contributed by atoms with Crippen LogP contribution in [0.5, 0.6) is 0 Å². The van der Waals surface area contributed by atoms with E-state index in [0.717, 1.165) is 25.8 Å². The zero-order chi connectivity index (χ0) is 11.3. The van der Waals surface area contributed by atoms with Gasteiger partial charge in [-0.2, -0.15) is 4.99 Å². The molecule has 0 spiro atoms. The lowest BCUT2D eigenvalue weighted by atomic mass is 10.1. The first-order valence-electron chi connectivity index (χ1n) is 5.60. The summed E-state index contributed by atoms with van der Waals surface area (Å²) in [6, 6.07) is 0.420. The minimum Gasteiger partial charge on any atom is -0.370 e. The van der Waals surface area contributed by atoms with E-state index < -0.39 is 0 Å². The second-order valence-electron chi connectivity index (χ2n) is 3.97. The monoisotopic (exact) mass is 211 g/mol. The highest BCUT2D eigenvalue weighted by molar-refractivity contribution is 5.91. The lowest BCUT2D eigenvalue weighted by Gasteiger charge is -2.29. The van der Waals surface area contributed by atoms with Gasteiger partial charge < -0.3 is 16.4 Å². The average molecular weight is 211 g/mol. The van der Waals surface area contributed by atoms with Gasteiger partial charge in [0.1, 0.15) is 0 Å². The highest BCUT2D eigenvalue weighted by atomic mass is 15.3. The summed E-state index contributed by atoms with van der Waals surface area (Å²) in [7, 11) is 0. The maximum absolute atomic E-state index is 7.82. The van der Waals surface area contributed by atoms with Gasteiger partial charge >= 0.3 is 0 Å². The molecule has 0 aromatic heterocycles. The van der Waals surface area contributed by atoms with Gasteiger partial charge in [-0.15, -0.1) is 0 Å². The summed E-state index contributed by atoms with van der Waals surface area (Å²) < 4.78 is 0. The van der Waals surface area contributed by atoms with Gasteiger partial charge in [0.15, 0.2) is 5.96 Å². The molecule has 1 aliphatic rings. The van der Waals surface area contributed by atoms with Gasteiger partial charge in [0.2, 0.25) is 5.96 Å². The van der Waals surface area contributed by atoms with Crippen molar-refractivity contribution in [3.63, 3.8) is 0 Å². The van der Waals surface area contributed by atoms with Crippen LogP contribution in [-0.4, -0.2) is 29.4 Å². The molecule has 86 valence electrons. The third-order valence-electron chi connectivity index (χ3n) is 2.86. The second-order valence-corrected chi connectivity index (χ2v) is 3.97. The Morgan fingerprint density at radius 3 is 2.73 bits per heavy atom. The zero-order valence-electron chi connectivity index (χ0n) is 9.37. The van der Waals surface area contributed by atoms with Crippen molar-refractivity contribution in [1.82, 2.24) is 4.90 Å². The van der Waals surface area contributed by atoms with E-state index in [2.05, 4.69) is 11.9 Å². The lowest BCUT2D eigenvalue weighted by Crippen LogP contribution is -2.40. The van der Waals surface area contributed by atoms with E-state index in [0.29, 0.717) is 6.04 Å². The van der Waals surface area contributed by atoms with Crippen molar-refractivity contribution in [3.8, 4) is 0 Å². The molecule has 1 unspecified atom stereocenters. The highest BCUT2D eigenvalue weighted by Gasteiger charge is 2.21. The molecule has 5 nitrogen and oxygen atoms in total. The molecule has 1 heterocycles. The minimum atomic E-state index is -0.0286. The summed E-state index contributed by atoms with van der Waals surface area (Å²) in [5, 5.41) is 7.82. The van der Waals surface area contributed by atoms with Crippen LogP contribution in [0.2, 0.25) is 0 Å². The molecule has 0 aromatic carbocycles. The van der Waals surface area contributed by atoms with E-state index >= 15 is 0 Å². The Balaban J connectivity index is 2.70. The first-order valence-corrected chi connectivity index (χ1v) is 5.60. The summed E-state index contributed by atoms with van der Waals surface area (Å²) in [5.41, 5.74) is 10.6. The smallest absolute Gasteiger partial charge is 0.221 e. The molecule has 1 fully saturated rings. The van der Waals surface area contributed by atoms with Crippen LogP contribution in [0, 0.1) is 5.41 Å². The predicted octanol–water partition coefficient (Wildman–Crippen LogP) is 0.849. The summed E-state index contributed by atoms with van der Waals surface area (Å²) in [4.78, 5) is 5.84. The number of guanidine groups is 2. The van der Waals surface area contributed by atoms with Gasteiger partial charge in [-0.1, -0.05) is 19.8 Å². The van der Waals surface area contributed by atoms with Crippen molar-refractivity contribution in [2.24, 2.45) is 16.5 Å². The molecule has 0 amide bonds. The van der Waals surface area contributed by atoms with E-state index in [4.69, 9.17) is 16.9 Å². The summed E-state index contributed by atoms with van der Waals surface area (Å²) in [6.45, 7) is 3.04. The third kappa shape index (κ3) is 3.42. The summed E-state index contributed by atoms with van der Waals surface area (Å²) in [5.74, 6) is 0.183. The van der Waals surface area contributed by atoms with Gasteiger partial charge in [0.25, 0.3) is 0 Å². The van der Waals surface area contributed by atoms with E-state index in [1.54, 1.807) is 0 Å². The predicted molar refractivity (Wildman–Crippen MR) is 62.8 cm³/mol. The topological polar surface area (TPSA) is 91.5 Å². The molecule has 1 rings (SSSR count). The Hall–Kier alpha value is -1.26. The van der Waals surface area contributed by atoms with Crippen LogP contribution in [0.3, 0.4) is 0 Å². The first-order chi connectivity index (χ1) is 7.15. The highest BCUT2D eigenvalue weighted by Crippen LogP contribution is 2.19. The van der Waals surface area contributed by atoms with Crippen molar-refractivity contribution in [2.45, 2.75) is 45.1 Å². The van der Waals surface area contributed by atoms with E-state index in [9.17, 15) is 0 Å². The normalized spacial score (nSPS) is 21.9. The Kier molecular flexibility index (Phi) is 4.39. The zero-order valence-corrected chi connectivity index (χ0v) is 9.37. The van der Waals surface area contributed by atoms with Crippen LogP contribution < -0.4 is 11.5 Å². The molecule has 1 saturated heterocycles. The second kappa shape index (κ2) is 5.58. The SMILES string of the molecule is CCC1CCCCCN1C(=N)N=C(N)N. The van der Waals surface area contributed by atoms with Gasteiger partial charge in [0.05, 0.1) is 0 Å². The van der Waals surface area contributed by atoms with Gasteiger partial charge in [-0.05, 0) is 19.3 Å². The van der Waals surface area contributed by atoms with Gasteiger partial charge in [-0.3, -0.25) is 5.41 Å². The molecular formula is C10H21N5. The molecule has 1 atom stereocenters. The van der Waals surface area contributed by atoms with Crippen LogP contribution in [-0.2, 0) is 0 Å². The molecule has 0 saturated carbocycles. The van der Waals surface area contributed by atoms with Crippen LogP contribution in [0.15, 0.2) is 4.99 Å². The fourth-order valence-electron chi connectivity index (χ4n) is 2.07. The molecule has 5 heteroatoms. The molecule has 0 bridgehead atoms. The van der Waals surface area contributed by atoms with Gasteiger partial charge in [0, 0.05) is 12.6 Å². The van der Waals surface area contributed by atoms with Crippen LogP contribution >= 0.6 is 0 Å². The molecular weight excluding hydrogens is 190 g/mol. The van der Waals surface area contributed by atoms with Crippen molar-refractivity contribution in [3.05, 3.63) is 0 Å². The maximum Gasteiger partial charge on any atom is 0.221 e. The Bertz CT molecular complexity index is 244. The van der Waals surface area contributed by atoms with Crippen molar-refractivity contribution in [1.29, 1.82) is 5.41 Å². The number of nitrogens with one attached hydrogen (secondary N) is 1. The van der Waals surface area contributed by atoms with Crippen molar-refractivity contribution < 1.29 is 0 Å². The Labute approximate surface area is 91.0 Å². The number of hydrogen-bond donors (Lipinski definition) is 3. The number of hydrogen-bond acceptors (Lipinski definition) is 1. The number of nitrogens with two attached hydrogens (primary N) is 2. The molecule has 1 aliphatic heterocycles. The number of nitrogens with zero attached hydrogens (tertiary/aromatic N) is 2. The summed E-state index contributed by atoms with van der Waals surface area (Å²) >= 11 is 0. The van der Waals surface area contributed by atoms with Crippen molar-refractivity contribution >= 4 is 11.9 Å². The molecule has 5 N–H and O–H groups in total. The molecule has 0 aliphatic carbocycles. The van der Waals surface area contributed by atoms with Crippen LogP contribution in [0.1, 0.15) is 39.0 Å². The number of aliphatic imine (C=N–C) groups is 1.